The van der Waals surface area contributed by atoms with Crippen molar-refractivity contribution in [1.82, 2.24) is 0 Å². The fourth-order valence-electron chi connectivity index (χ4n) is 4.87. The van der Waals surface area contributed by atoms with Crippen LogP contribution < -0.4 is 40.7 Å². The van der Waals surface area contributed by atoms with Crippen molar-refractivity contribution >= 4 is 74.4 Å². The van der Waals surface area contributed by atoms with Gasteiger partial charge in [-0.3, -0.25) is 0 Å². The molecule has 0 aromatic heterocycles. The summed E-state index contributed by atoms with van der Waals surface area (Å²) in [6.07, 6.45) is -6.59. The van der Waals surface area contributed by atoms with Gasteiger partial charge in [0, 0.05) is 0 Å². The summed E-state index contributed by atoms with van der Waals surface area (Å²) in [4.78, 5) is 0. The topological polar surface area (TPSA) is 0 Å². The third-order valence-corrected chi connectivity index (χ3v) is 8.03. The SMILES string of the molecule is Fc1c(F)c(Cl)c(F)c([B-](c2c(F)c(F)c(F)c(Cl)c2F)(c2c(F)c(F)c(F)c(Cl)c2F)c2c(F)c(F)c(F)c(Cl)c2F)c1F.[Li+]. The van der Waals surface area contributed by atoms with Crippen LogP contribution in [0.5, 0.6) is 0 Å². The van der Waals surface area contributed by atoms with Crippen LogP contribution in [-0.2, 0) is 0 Å². The second-order valence-corrected chi connectivity index (χ2v) is 10.3. The predicted octanol–water partition coefficient (Wildman–Crippen LogP) is 4.91. The van der Waals surface area contributed by atoms with E-state index >= 15 is 35.1 Å². The van der Waals surface area contributed by atoms with E-state index in [1.54, 1.807) is 0 Å². The van der Waals surface area contributed by atoms with E-state index in [0.29, 0.717) is 0 Å². The van der Waals surface area contributed by atoms with E-state index in [1.165, 1.54) is 0 Å². The zero-order valence-electron chi connectivity index (χ0n) is 21.1. The van der Waals surface area contributed by atoms with E-state index in [4.69, 9.17) is 46.4 Å². The molecule has 46 heavy (non-hydrogen) atoms. The van der Waals surface area contributed by atoms with Crippen molar-refractivity contribution in [2.45, 2.75) is 0 Å². The molecule has 0 unspecified atom stereocenters. The normalized spacial score (nSPS) is 11.7. The van der Waals surface area contributed by atoms with Crippen LogP contribution in [0.25, 0.3) is 0 Å². The first-order valence-corrected chi connectivity index (χ1v) is 12.4. The largest absolute Gasteiger partial charge is 1.00 e. The maximum Gasteiger partial charge on any atom is 1.00 e. The van der Waals surface area contributed by atoms with Gasteiger partial charge in [-0.25, -0.2) is 70.2 Å². The van der Waals surface area contributed by atoms with Crippen molar-refractivity contribution in [1.29, 1.82) is 0 Å². The maximum atomic E-state index is 15.8. The van der Waals surface area contributed by atoms with Crippen molar-refractivity contribution in [3.63, 3.8) is 0 Å². The Balaban J connectivity index is 0.00000576. The van der Waals surface area contributed by atoms with Crippen molar-refractivity contribution in [2.24, 2.45) is 0 Å². The average Bonchev–Trinajstić information content (AvgIpc) is 3.00. The van der Waals surface area contributed by atoms with E-state index in [1.807, 2.05) is 0 Å². The van der Waals surface area contributed by atoms with Crippen LogP contribution in [0, 0.1) is 93.1 Å². The smallest absolute Gasteiger partial charge is 0.209 e. The van der Waals surface area contributed by atoms with Gasteiger partial charge in [-0.1, -0.05) is 46.4 Å². The minimum Gasteiger partial charge on any atom is -0.209 e. The first-order chi connectivity index (χ1) is 20.7. The molecule has 0 nitrogen and oxygen atoms in total. The van der Waals surface area contributed by atoms with Gasteiger partial charge in [0.05, 0.1) is 0 Å². The minimum absolute atomic E-state index is 0. The molecule has 0 aliphatic heterocycles. The number of hydrogen-bond donors (Lipinski definition) is 0. The van der Waals surface area contributed by atoms with Crippen LogP contribution in [0.2, 0.25) is 20.1 Å². The van der Waals surface area contributed by atoms with E-state index in [0.717, 1.165) is 0 Å². The Hall–Kier alpha value is -2.42. The molecule has 0 heterocycles. The van der Waals surface area contributed by atoms with Gasteiger partial charge in [0.15, 0.2) is 46.5 Å². The number of hydrogen-bond acceptors (Lipinski definition) is 0. The van der Waals surface area contributed by atoms with E-state index in [9.17, 15) is 35.1 Å². The summed E-state index contributed by atoms with van der Waals surface area (Å²) in [5.74, 6) is -49.0. The fraction of sp³-hybridized carbons (Fsp3) is 0. The van der Waals surface area contributed by atoms with Gasteiger partial charge in [0.2, 0.25) is 0 Å². The first kappa shape index (κ1) is 38.0. The van der Waals surface area contributed by atoms with Gasteiger partial charge in [0.1, 0.15) is 72.8 Å². The molecule has 0 radical (unpaired) electrons. The molecule has 4 rings (SSSR count). The van der Waals surface area contributed by atoms with Gasteiger partial charge in [-0.2, -0.15) is 0 Å². The van der Waals surface area contributed by atoms with Crippen LogP contribution in [-0.4, -0.2) is 6.15 Å². The van der Waals surface area contributed by atoms with Gasteiger partial charge in [-0.05, 0) is 0 Å². The second kappa shape index (κ2) is 12.9. The summed E-state index contributed by atoms with van der Waals surface area (Å²) in [7, 11) is 0. The van der Waals surface area contributed by atoms with E-state index < -0.39 is 141 Å². The zero-order chi connectivity index (χ0) is 34.4. The molecule has 240 valence electrons. The van der Waals surface area contributed by atoms with Crippen LogP contribution in [0.1, 0.15) is 0 Å². The molecule has 0 fully saturated rings. The van der Waals surface area contributed by atoms with Crippen molar-refractivity contribution in [3.05, 3.63) is 113 Å². The van der Waals surface area contributed by atoms with Gasteiger partial charge >= 0.3 is 18.9 Å². The van der Waals surface area contributed by atoms with Crippen molar-refractivity contribution in [2.75, 3.05) is 0 Å². The maximum absolute atomic E-state index is 15.8. The Bertz CT molecular complexity index is 1590. The van der Waals surface area contributed by atoms with Gasteiger partial charge in [-0.15, -0.1) is 21.9 Å². The van der Waals surface area contributed by atoms with Gasteiger partial charge < -0.3 is 0 Å². The quantitative estimate of drug-likeness (QED) is 0.121. The molecule has 0 saturated heterocycles. The Morgan fingerprint density at radius 2 is 0.391 bits per heavy atom. The first-order valence-electron chi connectivity index (χ1n) is 10.9. The average molecular weight is 752 g/mol. The van der Waals surface area contributed by atoms with Crippen molar-refractivity contribution in [3.8, 4) is 0 Å². The molecule has 0 spiro atoms. The Morgan fingerprint density at radius 3 is 0.543 bits per heavy atom. The standard InChI is InChI=1S/C24BCl4F16.Li/c26-5-9(30)1(13(34)21(42)17(5)38)25(2-10(31)6(27)18(39)22(43)14(2)35,3-11(32)7(28)19(40)23(44)15(3)36)4-12(33)8(29)20(41)24(45)16(4)37;/q-1;+1. The molecule has 0 aliphatic rings. The van der Waals surface area contributed by atoms with Crippen LogP contribution in [0.3, 0.4) is 0 Å². The van der Waals surface area contributed by atoms with Gasteiger partial charge in [0.25, 0.3) is 0 Å². The Labute approximate surface area is 275 Å². The predicted molar refractivity (Wildman–Crippen MR) is 129 cm³/mol. The molecule has 4 aromatic rings. The molecule has 0 saturated carbocycles. The molecule has 0 atom stereocenters. The summed E-state index contributed by atoms with van der Waals surface area (Å²) in [6.45, 7) is 0. The summed E-state index contributed by atoms with van der Waals surface area (Å²) in [5.41, 5.74) is -12.1. The molecular weight excluding hydrogens is 752 g/mol. The number of halogens is 20. The molecule has 22 heteroatoms. The molecule has 0 amide bonds. The molecule has 4 aromatic carbocycles. The molecular formula is C24BCl4F16Li. The summed E-state index contributed by atoms with van der Waals surface area (Å²) >= 11 is 21.0. The minimum atomic E-state index is -6.59. The van der Waals surface area contributed by atoms with Crippen LogP contribution in [0.15, 0.2) is 0 Å². The van der Waals surface area contributed by atoms with Crippen LogP contribution >= 0.6 is 46.4 Å². The van der Waals surface area contributed by atoms with E-state index in [2.05, 4.69) is 0 Å². The number of rotatable bonds is 4. The molecule has 0 N–H and O–H groups in total. The Morgan fingerprint density at radius 1 is 0.239 bits per heavy atom. The second-order valence-electron chi connectivity index (χ2n) is 8.80. The summed E-state index contributed by atoms with van der Waals surface area (Å²) in [5, 5.41) is -9.52. The molecule has 0 aliphatic carbocycles. The third kappa shape index (κ3) is 4.95. The fourth-order valence-corrected chi connectivity index (χ4v) is 5.61. The van der Waals surface area contributed by atoms with Crippen molar-refractivity contribution < 1.29 is 89.1 Å². The zero-order valence-corrected chi connectivity index (χ0v) is 24.2. The summed E-state index contributed by atoms with van der Waals surface area (Å²) < 4.78 is 242. The molecule has 0 bridgehead atoms. The van der Waals surface area contributed by atoms with E-state index in [-0.39, 0.29) is 18.9 Å². The van der Waals surface area contributed by atoms with Crippen LogP contribution in [0.4, 0.5) is 70.2 Å². The monoisotopic (exact) mass is 750 g/mol. The third-order valence-electron chi connectivity index (χ3n) is 6.71. The Kier molecular flexibility index (Phi) is 10.7. The number of benzene rings is 4. The summed E-state index contributed by atoms with van der Waals surface area (Å²) in [6, 6.07) is 0.